The number of rotatable bonds is 5. The summed E-state index contributed by atoms with van der Waals surface area (Å²) in [5, 5.41) is 2.87. The molecule has 3 heterocycles. The van der Waals surface area contributed by atoms with Gasteiger partial charge in [-0.3, -0.25) is 9.59 Å². The molecular formula is C30H38ClF2N5O5. The SMILES string of the molecule is CCOC(=O)[C@@]12C[C@H]1/C=C\CCCCC[C@H](N)C(=O)N1C[C@H](Oc3nc4ccccc4nc3C(C)(F)F)C[C@H]1C(=O)N2.Cl. The number of fused-ring (bicyclic) bond motifs is 3. The minimum Gasteiger partial charge on any atom is -0.471 e. The zero-order chi connectivity index (χ0) is 30.1. The molecule has 2 amide bonds. The van der Waals surface area contributed by atoms with Crippen molar-refractivity contribution < 1.29 is 32.6 Å². The number of para-hydroxylation sites is 2. The van der Waals surface area contributed by atoms with Gasteiger partial charge in [0.25, 0.3) is 5.92 Å². The zero-order valence-electron chi connectivity index (χ0n) is 24.3. The Labute approximate surface area is 255 Å². The predicted octanol–water partition coefficient (Wildman–Crippen LogP) is 3.80. The number of ether oxygens (including phenoxy) is 2. The molecule has 234 valence electrons. The highest BCUT2D eigenvalue weighted by Gasteiger charge is 2.62. The Hall–Kier alpha value is -3.38. The van der Waals surface area contributed by atoms with Gasteiger partial charge in [0.05, 0.1) is 30.2 Å². The van der Waals surface area contributed by atoms with E-state index >= 15 is 0 Å². The third-order valence-electron chi connectivity index (χ3n) is 8.15. The van der Waals surface area contributed by atoms with Crippen LogP contribution in [0.15, 0.2) is 36.4 Å². The van der Waals surface area contributed by atoms with Crippen LogP contribution in [0.1, 0.15) is 64.5 Å². The van der Waals surface area contributed by atoms with Gasteiger partial charge in [0.1, 0.15) is 17.7 Å². The first-order valence-corrected chi connectivity index (χ1v) is 14.6. The lowest BCUT2D eigenvalue weighted by Crippen LogP contribution is -2.55. The van der Waals surface area contributed by atoms with Gasteiger partial charge in [0, 0.05) is 19.3 Å². The number of amides is 2. The number of esters is 1. The van der Waals surface area contributed by atoms with Gasteiger partial charge < -0.3 is 25.4 Å². The van der Waals surface area contributed by atoms with Crippen molar-refractivity contribution in [3.63, 3.8) is 0 Å². The molecular weight excluding hydrogens is 584 g/mol. The van der Waals surface area contributed by atoms with E-state index in [9.17, 15) is 23.2 Å². The Morgan fingerprint density at radius 1 is 1.19 bits per heavy atom. The molecule has 3 aliphatic rings. The number of nitrogens with one attached hydrogen (secondary N) is 1. The predicted molar refractivity (Wildman–Crippen MR) is 157 cm³/mol. The maximum absolute atomic E-state index is 14.6. The second kappa shape index (κ2) is 13.1. The van der Waals surface area contributed by atoms with Gasteiger partial charge in [-0.1, -0.05) is 37.1 Å². The number of carbonyl (C=O) groups is 3. The minimum absolute atomic E-state index is 0. The molecule has 1 saturated heterocycles. The van der Waals surface area contributed by atoms with Crippen molar-refractivity contribution in [2.24, 2.45) is 11.7 Å². The number of benzene rings is 1. The number of allylic oxidation sites excluding steroid dienone is 1. The van der Waals surface area contributed by atoms with Crippen LogP contribution in [-0.4, -0.2) is 69.5 Å². The van der Waals surface area contributed by atoms with Crippen LogP contribution in [-0.2, 0) is 25.0 Å². The van der Waals surface area contributed by atoms with Crippen molar-refractivity contribution in [1.29, 1.82) is 0 Å². The smallest absolute Gasteiger partial charge is 0.332 e. The van der Waals surface area contributed by atoms with Crippen LogP contribution < -0.4 is 15.8 Å². The Morgan fingerprint density at radius 3 is 2.60 bits per heavy atom. The molecule has 10 nitrogen and oxygen atoms in total. The van der Waals surface area contributed by atoms with E-state index in [1.165, 1.54) is 4.90 Å². The van der Waals surface area contributed by atoms with Crippen molar-refractivity contribution in [3.05, 3.63) is 42.1 Å². The highest BCUT2D eigenvalue weighted by molar-refractivity contribution is 5.96. The maximum Gasteiger partial charge on any atom is 0.332 e. The number of nitrogens with two attached hydrogens (primary N) is 1. The molecule has 3 N–H and O–H groups in total. The molecule has 5 rings (SSSR count). The average Bonchev–Trinajstić information content (AvgIpc) is 3.48. The molecule has 0 bridgehead atoms. The second-order valence-corrected chi connectivity index (χ2v) is 11.4. The van der Waals surface area contributed by atoms with Crippen LogP contribution >= 0.6 is 12.4 Å². The van der Waals surface area contributed by atoms with Crippen molar-refractivity contribution in [2.45, 2.75) is 88.4 Å². The lowest BCUT2D eigenvalue weighted by molar-refractivity contribution is -0.150. The molecule has 1 aliphatic carbocycles. The van der Waals surface area contributed by atoms with Crippen LogP contribution in [0.25, 0.3) is 11.0 Å². The molecule has 1 saturated carbocycles. The summed E-state index contributed by atoms with van der Waals surface area (Å²) in [6.07, 6.45) is 7.26. The summed E-state index contributed by atoms with van der Waals surface area (Å²) in [7, 11) is 0. The van der Waals surface area contributed by atoms with Crippen molar-refractivity contribution in [3.8, 4) is 5.88 Å². The van der Waals surface area contributed by atoms with Gasteiger partial charge in [-0.05, 0) is 44.7 Å². The molecule has 0 unspecified atom stereocenters. The molecule has 2 fully saturated rings. The molecule has 43 heavy (non-hydrogen) atoms. The van der Waals surface area contributed by atoms with Gasteiger partial charge in [-0.15, -0.1) is 12.4 Å². The first-order valence-electron chi connectivity index (χ1n) is 14.6. The minimum atomic E-state index is -3.36. The monoisotopic (exact) mass is 621 g/mol. The van der Waals surface area contributed by atoms with Crippen molar-refractivity contribution in [1.82, 2.24) is 20.2 Å². The summed E-state index contributed by atoms with van der Waals surface area (Å²) >= 11 is 0. The lowest BCUT2D eigenvalue weighted by atomic mass is 10.1. The highest BCUT2D eigenvalue weighted by atomic mass is 35.5. The van der Waals surface area contributed by atoms with Gasteiger partial charge in [0.15, 0.2) is 5.69 Å². The molecule has 2 aliphatic heterocycles. The fourth-order valence-corrected chi connectivity index (χ4v) is 5.80. The van der Waals surface area contributed by atoms with E-state index in [2.05, 4.69) is 15.3 Å². The number of aromatic nitrogens is 2. The normalized spacial score (nSPS) is 28.8. The number of alkyl halides is 2. The van der Waals surface area contributed by atoms with Crippen molar-refractivity contribution >= 4 is 41.2 Å². The number of hydrogen-bond donors (Lipinski definition) is 2. The van der Waals surface area contributed by atoms with Crippen LogP contribution in [0.5, 0.6) is 5.88 Å². The first-order chi connectivity index (χ1) is 20.0. The van der Waals surface area contributed by atoms with Gasteiger partial charge in [-0.2, -0.15) is 8.78 Å². The summed E-state index contributed by atoms with van der Waals surface area (Å²) in [5.41, 5.74) is 5.08. The van der Waals surface area contributed by atoms with Crippen LogP contribution in [0.3, 0.4) is 0 Å². The molecule has 2 aromatic rings. The zero-order valence-corrected chi connectivity index (χ0v) is 25.1. The van der Waals surface area contributed by atoms with E-state index in [1.807, 2.05) is 12.2 Å². The summed E-state index contributed by atoms with van der Waals surface area (Å²) in [4.78, 5) is 50.0. The number of nitrogens with zero attached hydrogens (tertiary/aromatic N) is 3. The fourth-order valence-electron chi connectivity index (χ4n) is 5.80. The molecule has 1 aromatic heterocycles. The van der Waals surface area contributed by atoms with Gasteiger partial charge >= 0.3 is 5.97 Å². The van der Waals surface area contributed by atoms with E-state index in [0.29, 0.717) is 30.8 Å². The van der Waals surface area contributed by atoms with E-state index in [-0.39, 0.29) is 43.8 Å². The Bertz CT molecular complexity index is 1390. The van der Waals surface area contributed by atoms with E-state index < -0.39 is 53.1 Å². The van der Waals surface area contributed by atoms with Gasteiger partial charge in [0.2, 0.25) is 17.7 Å². The third-order valence-corrected chi connectivity index (χ3v) is 8.15. The van der Waals surface area contributed by atoms with Crippen LogP contribution in [0.2, 0.25) is 0 Å². The molecule has 13 heteroatoms. The maximum atomic E-state index is 14.6. The number of carbonyl (C=O) groups excluding carboxylic acids is 3. The summed E-state index contributed by atoms with van der Waals surface area (Å²) in [5.74, 6) is -5.46. The van der Waals surface area contributed by atoms with E-state index in [4.69, 9.17) is 15.2 Å². The first kappa shape index (κ1) is 32.5. The van der Waals surface area contributed by atoms with E-state index in [0.717, 1.165) is 25.7 Å². The molecule has 0 radical (unpaired) electrons. The molecule has 5 atom stereocenters. The summed E-state index contributed by atoms with van der Waals surface area (Å²) < 4.78 is 40.5. The van der Waals surface area contributed by atoms with Crippen LogP contribution in [0.4, 0.5) is 8.78 Å². The Morgan fingerprint density at radius 2 is 1.91 bits per heavy atom. The molecule has 1 aromatic carbocycles. The quantitative estimate of drug-likeness (QED) is 0.380. The number of hydrogen-bond acceptors (Lipinski definition) is 8. The van der Waals surface area contributed by atoms with Crippen molar-refractivity contribution in [2.75, 3.05) is 13.2 Å². The Balaban J connectivity index is 0.00000423. The summed E-state index contributed by atoms with van der Waals surface area (Å²) in [6, 6.07) is 4.72. The Kier molecular flexibility index (Phi) is 9.90. The van der Waals surface area contributed by atoms with E-state index in [1.54, 1.807) is 31.2 Å². The summed E-state index contributed by atoms with van der Waals surface area (Å²) in [6.45, 7) is 2.50. The standard InChI is InChI=1S/C30H37F2N5O5.ClH/c1-3-41-28(40)30-16-18(30)11-7-5-4-6-8-12-20(33)27(39)37-17-19(15-23(37)25(38)36-30)42-26-24(29(2,31)32)34-21-13-9-10-14-22(21)35-26;/h7,9-11,13-14,18-20,23H,3-6,8,12,15-17,33H2,1-2H3,(H,36,38);1H/b11-7-;/t18-,19-,20+,23+,30-;/m1./s1. The number of halogens is 3. The lowest BCUT2D eigenvalue weighted by Gasteiger charge is -2.28. The van der Waals surface area contributed by atoms with Crippen LogP contribution in [0, 0.1) is 5.92 Å². The third kappa shape index (κ3) is 6.90. The molecule has 0 spiro atoms. The second-order valence-electron chi connectivity index (χ2n) is 11.4. The topological polar surface area (TPSA) is 137 Å². The highest BCUT2D eigenvalue weighted by Crippen LogP contribution is 2.46. The van der Waals surface area contributed by atoms with Gasteiger partial charge in [-0.25, -0.2) is 14.8 Å². The largest absolute Gasteiger partial charge is 0.471 e. The fraction of sp³-hybridized carbons (Fsp3) is 0.567. The average molecular weight is 622 g/mol.